The Bertz CT molecular complexity index is 679. The summed E-state index contributed by atoms with van der Waals surface area (Å²) >= 11 is 0. The Labute approximate surface area is 167 Å². The van der Waals surface area contributed by atoms with Gasteiger partial charge in [-0.05, 0) is 42.6 Å². The van der Waals surface area contributed by atoms with Gasteiger partial charge in [0.25, 0.3) is 0 Å². The van der Waals surface area contributed by atoms with Crippen LogP contribution in [0.5, 0.6) is 0 Å². The van der Waals surface area contributed by atoms with E-state index >= 15 is 0 Å². The zero-order valence-corrected chi connectivity index (χ0v) is 17.2. The third-order valence-corrected chi connectivity index (χ3v) is 6.28. The molecule has 28 heavy (non-hydrogen) atoms. The van der Waals surface area contributed by atoms with Gasteiger partial charge >= 0.3 is 6.09 Å². The first-order valence-electron chi connectivity index (χ1n) is 10.4. The normalized spacial score (nSPS) is 25.5. The van der Waals surface area contributed by atoms with Gasteiger partial charge in [0.2, 0.25) is 5.91 Å². The fourth-order valence-corrected chi connectivity index (χ4v) is 4.81. The van der Waals surface area contributed by atoms with Crippen molar-refractivity contribution in [2.45, 2.75) is 51.7 Å². The predicted molar refractivity (Wildman–Crippen MR) is 109 cm³/mol. The van der Waals surface area contributed by atoms with E-state index in [1.54, 1.807) is 0 Å². The Kier molecular flexibility index (Phi) is 6.60. The Balaban J connectivity index is 1.59. The Morgan fingerprint density at radius 1 is 1.21 bits per heavy atom. The number of rotatable bonds is 7. The molecule has 6 heteroatoms. The van der Waals surface area contributed by atoms with Crippen molar-refractivity contribution in [1.29, 1.82) is 0 Å². The summed E-state index contributed by atoms with van der Waals surface area (Å²) in [5, 5.41) is 12.5. The van der Waals surface area contributed by atoms with E-state index in [1.807, 2.05) is 19.9 Å². The number of nitrogens with zero attached hydrogens (tertiary/aromatic N) is 2. The van der Waals surface area contributed by atoms with Crippen LogP contribution in [0, 0.1) is 17.8 Å². The van der Waals surface area contributed by atoms with Crippen molar-refractivity contribution in [3.8, 4) is 0 Å². The molecule has 154 valence electrons. The lowest BCUT2D eigenvalue weighted by Gasteiger charge is -2.29. The van der Waals surface area contributed by atoms with Gasteiger partial charge in [0.05, 0.1) is 0 Å². The van der Waals surface area contributed by atoms with Gasteiger partial charge in [-0.2, -0.15) is 0 Å². The third kappa shape index (κ3) is 4.85. The van der Waals surface area contributed by atoms with Crippen molar-refractivity contribution < 1.29 is 14.7 Å². The number of hydrogen-bond acceptors (Lipinski definition) is 3. The molecule has 1 aliphatic carbocycles. The number of likely N-dealkylation sites (tertiary alicyclic amines) is 1. The monoisotopic (exact) mass is 387 g/mol. The molecule has 2 amide bonds. The number of carboxylic acid groups (broad SMARTS) is 1. The number of carbonyl (C=O) groups excluding carboxylic acids is 1. The number of hydrogen-bond donors (Lipinski definition) is 2. The lowest BCUT2D eigenvalue weighted by Crippen LogP contribution is -2.51. The zero-order valence-electron chi connectivity index (χ0n) is 17.2. The van der Waals surface area contributed by atoms with E-state index in [4.69, 9.17) is 0 Å². The third-order valence-electron chi connectivity index (χ3n) is 6.28. The number of carbonyl (C=O) groups is 2. The highest BCUT2D eigenvalue weighted by atomic mass is 16.4. The number of nitrogens with one attached hydrogen (secondary N) is 1. The average molecular weight is 388 g/mol. The van der Waals surface area contributed by atoms with Gasteiger partial charge in [0.15, 0.2) is 0 Å². The lowest BCUT2D eigenvalue weighted by molar-refractivity contribution is -0.127. The van der Waals surface area contributed by atoms with Gasteiger partial charge in [-0.25, -0.2) is 4.79 Å². The number of amides is 2. The minimum absolute atomic E-state index is 0.147. The molecular formula is C22H33N3O3. The maximum absolute atomic E-state index is 12.9. The van der Waals surface area contributed by atoms with Gasteiger partial charge < -0.3 is 10.4 Å². The summed E-state index contributed by atoms with van der Waals surface area (Å²) in [6.45, 7) is 7.05. The van der Waals surface area contributed by atoms with Crippen molar-refractivity contribution in [3.05, 3.63) is 35.9 Å². The van der Waals surface area contributed by atoms with E-state index in [0.717, 1.165) is 37.4 Å². The molecule has 1 saturated heterocycles. The second-order valence-corrected chi connectivity index (χ2v) is 8.83. The number of likely N-dealkylation sites (N-methyl/N-ethyl adjacent to an activating group) is 1. The van der Waals surface area contributed by atoms with E-state index in [9.17, 15) is 14.7 Å². The predicted octanol–water partition coefficient (Wildman–Crippen LogP) is 3.04. The molecule has 3 rings (SSSR count). The van der Waals surface area contributed by atoms with Gasteiger partial charge in [0, 0.05) is 32.7 Å². The van der Waals surface area contributed by atoms with Crippen LogP contribution in [0.1, 0.15) is 38.7 Å². The molecule has 0 radical (unpaired) electrons. The average Bonchev–Trinajstić information content (AvgIpc) is 3.21. The molecule has 0 unspecified atom stereocenters. The van der Waals surface area contributed by atoms with Crippen LogP contribution in [0.3, 0.4) is 0 Å². The highest BCUT2D eigenvalue weighted by molar-refractivity contribution is 5.85. The van der Waals surface area contributed by atoms with Crippen molar-refractivity contribution >= 4 is 12.0 Å². The fraction of sp³-hybridized carbons (Fsp3) is 0.636. The maximum atomic E-state index is 12.9. The minimum Gasteiger partial charge on any atom is -0.465 e. The smallest absolute Gasteiger partial charge is 0.407 e. The van der Waals surface area contributed by atoms with Crippen LogP contribution in [0.25, 0.3) is 0 Å². The molecule has 1 saturated carbocycles. The Morgan fingerprint density at radius 2 is 1.93 bits per heavy atom. The summed E-state index contributed by atoms with van der Waals surface area (Å²) in [4.78, 5) is 27.9. The van der Waals surface area contributed by atoms with E-state index in [-0.39, 0.29) is 17.9 Å². The topological polar surface area (TPSA) is 72.9 Å². The largest absolute Gasteiger partial charge is 0.465 e. The summed E-state index contributed by atoms with van der Waals surface area (Å²) in [6, 6.07) is 10.0. The molecule has 1 aromatic rings. The molecule has 2 N–H and O–H groups in total. The first-order chi connectivity index (χ1) is 13.3. The zero-order chi connectivity index (χ0) is 20.3. The lowest BCUT2D eigenvalue weighted by atomic mass is 9.96. The summed E-state index contributed by atoms with van der Waals surface area (Å²) in [5.74, 6) is 1.18. The van der Waals surface area contributed by atoms with Gasteiger partial charge in [-0.1, -0.05) is 44.2 Å². The minimum atomic E-state index is -1.06. The summed E-state index contributed by atoms with van der Waals surface area (Å²) < 4.78 is 0. The van der Waals surface area contributed by atoms with Gasteiger partial charge in [0.1, 0.15) is 6.04 Å². The molecule has 1 aliphatic heterocycles. The van der Waals surface area contributed by atoms with E-state index < -0.39 is 12.1 Å². The van der Waals surface area contributed by atoms with Crippen molar-refractivity contribution in [1.82, 2.24) is 15.1 Å². The van der Waals surface area contributed by atoms with Crippen LogP contribution in [0.4, 0.5) is 4.79 Å². The quantitative estimate of drug-likeness (QED) is 0.754. The van der Waals surface area contributed by atoms with Gasteiger partial charge in [-0.15, -0.1) is 0 Å². The Morgan fingerprint density at radius 3 is 2.57 bits per heavy atom. The number of fused-ring (bicyclic) bond motifs is 1. The van der Waals surface area contributed by atoms with Crippen LogP contribution < -0.4 is 5.32 Å². The van der Waals surface area contributed by atoms with Crippen molar-refractivity contribution in [3.63, 3.8) is 0 Å². The molecule has 0 spiro atoms. The molecule has 1 aromatic carbocycles. The Hall–Kier alpha value is -2.08. The molecule has 0 aromatic heterocycles. The summed E-state index contributed by atoms with van der Waals surface area (Å²) in [5.41, 5.74) is 1.32. The van der Waals surface area contributed by atoms with Crippen molar-refractivity contribution in [2.75, 3.05) is 20.1 Å². The van der Waals surface area contributed by atoms with E-state index in [1.165, 1.54) is 12.6 Å². The van der Waals surface area contributed by atoms with Crippen molar-refractivity contribution in [2.24, 2.45) is 17.8 Å². The molecule has 1 heterocycles. The maximum Gasteiger partial charge on any atom is 0.407 e. The summed E-state index contributed by atoms with van der Waals surface area (Å²) in [6.07, 6.45) is 1.60. The molecule has 0 bridgehead atoms. The number of benzene rings is 1. The van der Waals surface area contributed by atoms with Crippen LogP contribution in [0.15, 0.2) is 30.3 Å². The van der Waals surface area contributed by atoms with E-state index in [0.29, 0.717) is 18.3 Å². The molecule has 6 nitrogen and oxygen atoms in total. The second kappa shape index (κ2) is 8.95. The molecule has 2 fully saturated rings. The summed E-state index contributed by atoms with van der Waals surface area (Å²) in [7, 11) is 1.49. The van der Waals surface area contributed by atoms with E-state index in [2.05, 4.69) is 34.5 Å². The highest BCUT2D eigenvalue weighted by Crippen LogP contribution is 2.38. The SMILES string of the molecule is CC(C)C[C@@H](C(=O)N[C@@H]1CC[C@@H]2CN(Cc3ccccc3)C[C@@H]21)N(C)C(=O)O. The van der Waals surface area contributed by atoms with Crippen LogP contribution in [-0.2, 0) is 11.3 Å². The van der Waals surface area contributed by atoms with Gasteiger partial charge in [-0.3, -0.25) is 14.6 Å². The standard InChI is InChI=1S/C22H33N3O3/c1-15(2)11-20(24(3)22(27)28)21(26)23-19-10-9-17-13-25(14-18(17)19)12-16-7-5-4-6-8-16/h4-8,15,17-20H,9-14H2,1-3H3,(H,23,26)(H,27,28)/t17-,18+,19-,20+/m1/s1. The molecule has 2 aliphatic rings. The first kappa shape index (κ1) is 20.6. The fourth-order valence-electron chi connectivity index (χ4n) is 4.81. The van der Waals surface area contributed by atoms with Crippen LogP contribution in [-0.4, -0.2) is 59.1 Å². The second-order valence-electron chi connectivity index (χ2n) is 8.83. The molecule has 4 atom stereocenters. The van der Waals surface area contributed by atoms with Crippen LogP contribution in [0.2, 0.25) is 0 Å². The first-order valence-corrected chi connectivity index (χ1v) is 10.4. The van der Waals surface area contributed by atoms with Crippen LogP contribution >= 0.6 is 0 Å². The highest BCUT2D eigenvalue weighted by Gasteiger charge is 2.43. The molecular weight excluding hydrogens is 354 g/mol.